The Labute approximate surface area is 259 Å². The Morgan fingerprint density at radius 2 is 1.72 bits per heavy atom. The number of halogens is 2. The molecule has 2 aromatic heterocycles. The lowest BCUT2D eigenvalue weighted by atomic mass is 10.0. The van der Waals surface area contributed by atoms with Crippen LogP contribution in [0.4, 0.5) is 0 Å². The predicted molar refractivity (Wildman–Crippen MR) is 176 cm³/mol. The van der Waals surface area contributed by atoms with Crippen LogP contribution in [0.25, 0.3) is 33.1 Å². The van der Waals surface area contributed by atoms with Crippen molar-refractivity contribution in [2.24, 2.45) is 5.10 Å². The van der Waals surface area contributed by atoms with Crippen molar-refractivity contribution < 1.29 is 9.53 Å². The second-order valence-corrected chi connectivity index (χ2v) is 11.1. The number of para-hydroxylation sites is 2. The maximum atomic E-state index is 13.5. The number of carbonyl (C=O) groups excluding carboxylic acids is 1. The van der Waals surface area contributed by atoms with Gasteiger partial charge in [0.1, 0.15) is 5.75 Å². The van der Waals surface area contributed by atoms with Crippen molar-refractivity contribution in [3.63, 3.8) is 0 Å². The van der Waals surface area contributed by atoms with Crippen LogP contribution in [0.3, 0.4) is 0 Å². The monoisotopic (exact) mass is 606 g/mol. The van der Waals surface area contributed by atoms with E-state index < -0.39 is 0 Å². The summed E-state index contributed by atoms with van der Waals surface area (Å²) in [7, 11) is 1.63. The van der Waals surface area contributed by atoms with Crippen LogP contribution in [-0.4, -0.2) is 28.8 Å². The first kappa shape index (κ1) is 28.5. The van der Waals surface area contributed by atoms with Gasteiger partial charge in [-0.2, -0.15) is 5.10 Å². The number of methoxy groups -OCH3 is 1. The first-order chi connectivity index (χ1) is 20.8. The summed E-state index contributed by atoms with van der Waals surface area (Å²) in [6.07, 6.45) is 1.71. The standard InChI is InChI=1S/C35H28Cl2N4O2/c1-21-7-6-9-28-30(22(2)41(34(21)28)20-24-11-14-25(36)17-31(24)37)19-38-40-35(42)29-18-33(23-12-15-26(43-3)16-13-23)39-32-10-5-4-8-27(29)32/h4-19H,20H2,1-3H3,(H,40,42)/b38-19+. The van der Waals surface area contributed by atoms with Gasteiger partial charge in [0, 0.05) is 44.2 Å². The molecule has 43 heavy (non-hydrogen) atoms. The smallest absolute Gasteiger partial charge is 0.272 e. The fraction of sp³-hybridized carbons (Fsp3) is 0.114. The van der Waals surface area contributed by atoms with Crippen molar-refractivity contribution in [3.05, 3.63) is 129 Å². The molecule has 2 heterocycles. The predicted octanol–water partition coefficient (Wildman–Crippen LogP) is 8.60. The molecule has 0 bridgehead atoms. The van der Waals surface area contributed by atoms with Crippen LogP contribution in [0.2, 0.25) is 10.0 Å². The number of amides is 1. The number of pyridine rings is 1. The van der Waals surface area contributed by atoms with Crippen molar-refractivity contribution in [1.29, 1.82) is 0 Å². The lowest BCUT2D eigenvalue weighted by Crippen LogP contribution is -2.18. The molecule has 0 saturated heterocycles. The summed E-state index contributed by atoms with van der Waals surface area (Å²) in [5.74, 6) is 0.426. The van der Waals surface area contributed by atoms with E-state index in [1.54, 1.807) is 25.5 Å². The first-order valence-corrected chi connectivity index (χ1v) is 14.5. The number of hydrogen-bond donors (Lipinski definition) is 1. The molecule has 0 saturated carbocycles. The number of aryl methyl sites for hydroxylation is 1. The quantitative estimate of drug-likeness (QED) is 0.146. The number of rotatable bonds is 7. The zero-order chi connectivity index (χ0) is 30.1. The third-order valence-electron chi connectivity index (χ3n) is 7.64. The molecule has 0 fully saturated rings. The fourth-order valence-corrected chi connectivity index (χ4v) is 5.88. The van der Waals surface area contributed by atoms with Gasteiger partial charge in [-0.15, -0.1) is 0 Å². The minimum atomic E-state index is -0.324. The topological polar surface area (TPSA) is 68.5 Å². The minimum Gasteiger partial charge on any atom is -0.497 e. The van der Waals surface area contributed by atoms with E-state index in [-0.39, 0.29) is 5.91 Å². The SMILES string of the molecule is COc1ccc(-c2cc(C(=O)N/N=C/c3c(C)n(Cc4ccc(Cl)cc4Cl)c4c(C)cccc34)c3ccccc3n2)cc1. The highest BCUT2D eigenvalue weighted by molar-refractivity contribution is 6.35. The Morgan fingerprint density at radius 1 is 0.953 bits per heavy atom. The molecule has 0 radical (unpaired) electrons. The van der Waals surface area contributed by atoms with Gasteiger partial charge in [-0.3, -0.25) is 4.79 Å². The van der Waals surface area contributed by atoms with Gasteiger partial charge in [0.15, 0.2) is 0 Å². The number of fused-ring (bicyclic) bond motifs is 2. The number of hydrogen-bond acceptors (Lipinski definition) is 4. The van der Waals surface area contributed by atoms with Gasteiger partial charge in [0.25, 0.3) is 5.91 Å². The Kier molecular flexibility index (Phi) is 7.89. The molecule has 214 valence electrons. The molecule has 0 aliphatic rings. The molecule has 1 amide bonds. The van der Waals surface area contributed by atoms with Gasteiger partial charge in [-0.1, -0.05) is 65.7 Å². The fourth-order valence-electron chi connectivity index (χ4n) is 5.41. The van der Waals surface area contributed by atoms with E-state index in [1.807, 2.05) is 73.7 Å². The molecule has 0 spiro atoms. The summed E-state index contributed by atoms with van der Waals surface area (Å²) in [6.45, 7) is 4.70. The summed E-state index contributed by atoms with van der Waals surface area (Å²) < 4.78 is 7.51. The molecule has 4 aromatic carbocycles. The summed E-state index contributed by atoms with van der Waals surface area (Å²) in [5.41, 5.74) is 10.6. The molecule has 6 rings (SSSR count). The summed E-state index contributed by atoms with van der Waals surface area (Å²) >= 11 is 12.7. The molecule has 8 heteroatoms. The third kappa shape index (κ3) is 5.59. The van der Waals surface area contributed by atoms with Crippen molar-refractivity contribution in [2.75, 3.05) is 7.11 Å². The largest absolute Gasteiger partial charge is 0.497 e. The Hall–Kier alpha value is -4.65. The lowest BCUT2D eigenvalue weighted by molar-refractivity contribution is 0.0956. The number of hydrazone groups is 1. The van der Waals surface area contributed by atoms with E-state index in [4.69, 9.17) is 32.9 Å². The third-order valence-corrected chi connectivity index (χ3v) is 8.23. The van der Waals surface area contributed by atoms with Crippen LogP contribution >= 0.6 is 23.2 Å². The first-order valence-electron chi connectivity index (χ1n) is 13.7. The van der Waals surface area contributed by atoms with E-state index in [0.29, 0.717) is 27.8 Å². The molecule has 1 N–H and O–H groups in total. The van der Waals surface area contributed by atoms with Crippen molar-refractivity contribution in [1.82, 2.24) is 15.0 Å². The number of carbonyl (C=O) groups is 1. The Morgan fingerprint density at radius 3 is 2.49 bits per heavy atom. The second-order valence-electron chi connectivity index (χ2n) is 10.3. The summed E-state index contributed by atoms with van der Waals surface area (Å²) in [6, 6.07) is 28.7. The van der Waals surface area contributed by atoms with Gasteiger partial charge in [-0.25, -0.2) is 10.4 Å². The Balaban J connectivity index is 1.34. The van der Waals surface area contributed by atoms with E-state index in [1.165, 1.54) is 0 Å². The lowest BCUT2D eigenvalue weighted by Gasteiger charge is -2.12. The second kappa shape index (κ2) is 11.9. The van der Waals surface area contributed by atoms with Crippen LogP contribution in [0.5, 0.6) is 5.75 Å². The van der Waals surface area contributed by atoms with Crippen LogP contribution in [0, 0.1) is 13.8 Å². The molecular weight excluding hydrogens is 579 g/mol. The van der Waals surface area contributed by atoms with E-state index in [2.05, 4.69) is 34.2 Å². The van der Waals surface area contributed by atoms with Gasteiger partial charge in [-0.05, 0) is 73.5 Å². The maximum absolute atomic E-state index is 13.5. The molecule has 6 aromatic rings. The number of benzene rings is 4. The molecule has 0 atom stereocenters. The number of aromatic nitrogens is 2. The van der Waals surface area contributed by atoms with E-state index in [0.717, 1.165) is 55.5 Å². The highest BCUT2D eigenvalue weighted by Gasteiger charge is 2.17. The summed E-state index contributed by atoms with van der Waals surface area (Å²) in [4.78, 5) is 18.3. The molecule has 6 nitrogen and oxygen atoms in total. The highest BCUT2D eigenvalue weighted by Crippen LogP contribution is 2.31. The minimum absolute atomic E-state index is 0.324. The van der Waals surface area contributed by atoms with Crippen molar-refractivity contribution in [2.45, 2.75) is 20.4 Å². The van der Waals surface area contributed by atoms with Gasteiger partial charge in [0.2, 0.25) is 0 Å². The van der Waals surface area contributed by atoms with Gasteiger partial charge < -0.3 is 9.30 Å². The number of nitrogens with one attached hydrogen (secondary N) is 1. The molecule has 0 aliphatic heterocycles. The van der Waals surface area contributed by atoms with Crippen LogP contribution < -0.4 is 10.2 Å². The van der Waals surface area contributed by atoms with Crippen LogP contribution in [0.15, 0.2) is 96.1 Å². The number of nitrogens with zero attached hydrogens (tertiary/aromatic N) is 3. The van der Waals surface area contributed by atoms with Gasteiger partial charge >= 0.3 is 0 Å². The van der Waals surface area contributed by atoms with E-state index in [9.17, 15) is 4.79 Å². The molecule has 0 aliphatic carbocycles. The Bertz CT molecular complexity index is 2030. The van der Waals surface area contributed by atoms with Crippen molar-refractivity contribution >= 4 is 57.1 Å². The summed E-state index contributed by atoms with van der Waals surface area (Å²) in [5, 5.41) is 7.42. The number of ether oxygens (including phenoxy) is 1. The van der Waals surface area contributed by atoms with Crippen LogP contribution in [-0.2, 0) is 6.54 Å². The zero-order valence-electron chi connectivity index (χ0n) is 23.9. The highest BCUT2D eigenvalue weighted by atomic mass is 35.5. The van der Waals surface area contributed by atoms with E-state index >= 15 is 0 Å². The zero-order valence-corrected chi connectivity index (χ0v) is 25.4. The molecular formula is C35H28Cl2N4O2. The average Bonchev–Trinajstić information content (AvgIpc) is 3.28. The maximum Gasteiger partial charge on any atom is 0.272 e. The van der Waals surface area contributed by atoms with Crippen LogP contribution in [0.1, 0.15) is 32.7 Å². The average molecular weight is 608 g/mol. The molecule has 0 unspecified atom stereocenters. The van der Waals surface area contributed by atoms with Gasteiger partial charge in [0.05, 0.1) is 35.6 Å². The normalized spacial score (nSPS) is 11.5. The van der Waals surface area contributed by atoms with Crippen molar-refractivity contribution in [3.8, 4) is 17.0 Å².